The minimum Gasteiger partial charge on any atom is -0.370 e. The Morgan fingerprint density at radius 1 is 0.962 bits per heavy atom. The average Bonchev–Trinajstić information content (AvgIpc) is 2.63. The number of allylic oxidation sites excluding steroid dienone is 2. The molecule has 0 radical (unpaired) electrons. The van der Waals surface area contributed by atoms with E-state index in [9.17, 15) is 4.79 Å². The zero-order chi connectivity index (χ0) is 18.8. The molecule has 0 spiro atoms. The first-order chi connectivity index (χ1) is 12.4. The fourth-order valence-electron chi connectivity index (χ4n) is 3.39. The van der Waals surface area contributed by atoms with Crippen molar-refractivity contribution < 1.29 is 4.79 Å². The molecule has 2 unspecified atom stereocenters. The number of guanidine groups is 1. The quantitative estimate of drug-likeness (QED) is 0.478. The van der Waals surface area contributed by atoms with Crippen LogP contribution in [-0.2, 0) is 4.79 Å². The van der Waals surface area contributed by atoms with Gasteiger partial charge in [-0.2, -0.15) is 0 Å². The topological polar surface area (TPSA) is 134 Å². The minimum atomic E-state index is -0.875. The van der Waals surface area contributed by atoms with E-state index >= 15 is 0 Å². The van der Waals surface area contributed by atoms with Crippen molar-refractivity contribution in [1.82, 2.24) is 0 Å². The molecule has 26 heavy (non-hydrogen) atoms. The van der Waals surface area contributed by atoms with Gasteiger partial charge < -0.3 is 22.9 Å². The van der Waals surface area contributed by atoms with Crippen LogP contribution < -0.4 is 22.9 Å². The molecule has 1 aromatic carbocycles. The molecule has 1 amide bonds. The first-order valence-electron chi connectivity index (χ1n) is 8.39. The summed E-state index contributed by atoms with van der Waals surface area (Å²) in [7, 11) is 0. The van der Waals surface area contributed by atoms with Gasteiger partial charge in [-0.25, -0.2) is 4.99 Å². The van der Waals surface area contributed by atoms with Crippen LogP contribution in [-0.4, -0.2) is 22.9 Å². The van der Waals surface area contributed by atoms with Gasteiger partial charge in [0, 0.05) is 5.57 Å². The Balaban J connectivity index is 1.94. The Morgan fingerprint density at radius 3 is 2.19 bits per heavy atom. The molecule has 0 heterocycles. The lowest BCUT2D eigenvalue weighted by Gasteiger charge is -2.44. The molecular formula is C20H23N5O. The number of hydrogen-bond donors (Lipinski definition) is 4. The normalized spacial score (nSPS) is 27.4. The maximum absolute atomic E-state index is 11.4. The lowest BCUT2D eigenvalue weighted by Crippen LogP contribution is -2.59. The Hall–Kier alpha value is -3.12. The summed E-state index contributed by atoms with van der Waals surface area (Å²) >= 11 is 0. The van der Waals surface area contributed by atoms with Gasteiger partial charge in [0.2, 0.25) is 5.91 Å². The van der Waals surface area contributed by atoms with Gasteiger partial charge in [-0.15, -0.1) is 0 Å². The Kier molecular flexibility index (Phi) is 4.52. The van der Waals surface area contributed by atoms with E-state index in [4.69, 9.17) is 22.9 Å². The lowest BCUT2D eigenvalue weighted by atomic mass is 9.68. The van der Waals surface area contributed by atoms with Crippen LogP contribution in [0.2, 0.25) is 0 Å². The molecule has 3 rings (SSSR count). The van der Waals surface area contributed by atoms with Gasteiger partial charge in [-0.1, -0.05) is 66.8 Å². The second-order valence-electron chi connectivity index (χ2n) is 6.63. The van der Waals surface area contributed by atoms with Crippen LogP contribution in [0.3, 0.4) is 0 Å². The van der Waals surface area contributed by atoms with Gasteiger partial charge in [0.25, 0.3) is 0 Å². The van der Waals surface area contributed by atoms with E-state index < -0.39 is 17.0 Å². The minimum absolute atomic E-state index is 0.0540. The van der Waals surface area contributed by atoms with Crippen molar-refractivity contribution in [3.05, 3.63) is 77.9 Å². The summed E-state index contributed by atoms with van der Waals surface area (Å²) < 4.78 is 0. The molecule has 8 N–H and O–H groups in total. The summed E-state index contributed by atoms with van der Waals surface area (Å²) in [5, 5.41) is 0. The molecule has 0 bridgehead atoms. The van der Waals surface area contributed by atoms with Crippen molar-refractivity contribution in [2.45, 2.75) is 23.9 Å². The van der Waals surface area contributed by atoms with E-state index in [1.165, 1.54) is 0 Å². The van der Waals surface area contributed by atoms with Crippen LogP contribution in [0.25, 0.3) is 5.57 Å². The number of amides is 1. The molecule has 0 aliphatic heterocycles. The fraction of sp³-hybridized carbons (Fsp3) is 0.200. The van der Waals surface area contributed by atoms with Crippen molar-refractivity contribution >= 4 is 17.4 Å². The largest absolute Gasteiger partial charge is 0.370 e. The number of primary amides is 1. The van der Waals surface area contributed by atoms with E-state index in [1.54, 1.807) is 18.2 Å². The standard InChI is InChI=1S/C20H23N5O/c21-17(26)16-8-12-20(13-9-16,25-18(22)23)19(24)10-6-15(7-11-19)14-4-2-1-3-5-14/h1-10,12H,11,13,24H2,(H2,21,26)(H4,22,23,25). The van der Waals surface area contributed by atoms with Crippen molar-refractivity contribution in [2.24, 2.45) is 27.9 Å². The van der Waals surface area contributed by atoms with Crippen LogP contribution in [0.4, 0.5) is 0 Å². The second-order valence-corrected chi connectivity index (χ2v) is 6.63. The molecule has 0 fully saturated rings. The molecule has 0 saturated carbocycles. The van der Waals surface area contributed by atoms with Crippen molar-refractivity contribution in [1.29, 1.82) is 0 Å². The zero-order valence-electron chi connectivity index (χ0n) is 14.4. The van der Waals surface area contributed by atoms with E-state index in [1.807, 2.05) is 42.5 Å². The van der Waals surface area contributed by atoms with Gasteiger partial charge in [-0.05, 0) is 24.0 Å². The Morgan fingerprint density at radius 2 is 1.69 bits per heavy atom. The monoisotopic (exact) mass is 349 g/mol. The van der Waals surface area contributed by atoms with Gasteiger partial charge in [-0.3, -0.25) is 4.79 Å². The smallest absolute Gasteiger partial charge is 0.248 e. The number of nitrogens with zero attached hydrogens (tertiary/aromatic N) is 1. The van der Waals surface area contributed by atoms with E-state index in [-0.39, 0.29) is 5.96 Å². The molecule has 2 aliphatic carbocycles. The number of rotatable bonds is 4. The van der Waals surface area contributed by atoms with E-state index in [0.29, 0.717) is 18.4 Å². The summed E-state index contributed by atoms with van der Waals surface area (Å²) in [4.78, 5) is 15.8. The number of nitrogens with two attached hydrogens (primary N) is 4. The summed E-state index contributed by atoms with van der Waals surface area (Å²) in [6, 6.07) is 10.1. The number of aliphatic imine (C=N–C) groups is 1. The van der Waals surface area contributed by atoms with Crippen LogP contribution in [0, 0.1) is 0 Å². The SMILES string of the molecule is NC(=O)C1=CCC(N=C(N)N)(C2(N)C=CC(c3ccccc3)=CC2)C=C1. The van der Waals surface area contributed by atoms with Gasteiger partial charge >= 0.3 is 0 Å². The number of benzene rings is 1. The molecular weight excluding hydrogens is 326 g/mol. The summed E-state index contributed by atoms with van der Waals surface area (Å²) in [5.74, 6) is -0.544. The molecule has 6 heteroatoms. The molecule has 2 atom stereocenters. The fourth-order valence-corrected chi connectivity index (χ4v) is 3.39. The Bertz CT molecular complexity index is 861. The van der Waals surface area contributed by atoms with E-state index in [2.05, 4.69) is 11.1 Å². The predicted molar refractivity (Wildman–Crippen MR) is 105 cm³/mol. The number of hydrogen-bond acceptors (Lipinski definition) is 3. The van der Waals surface area contributed by atoms with Crippen LogP contribution >= 0.6 is 0 Å². The third-order valence-corrected chi connectivity index (χ3v) is 4.92. The molecule has 0 aromatic heterocycles. The first kappa shape index (κ1) is 17.7. The van der Waals surface area contributed by atoms with Gasteiger partial charge in [0.1, 0.15) is 5.54 Å². The summed E-state index contributed by atoms with van der Waals surface area (Å²) in [5.41, 5.74) is 24.4. The third-order valence-electron chi connectivity index (χ3n) is 4.92. The third kappa shape index (κ3) is 3.19. The van der Waals surface area contributed by atoms with Crippen LogP contribution in [0.5, 0.6) is 0 Å². The van der Waals surface area contributed by atoms with Crippen LogP contribution in [0.15, 0.2) is 77.4 Å². The highest BCUT2D eigenvalue weighted by molar-refractivity contribution is 5.95. The maximum Gasteiger partial charge on any atom is 0.248 e. The molecule has 1 aromatic rings. The zero-order valence-corrected chi connectivity index (χ0v) is 14.4. The van der Waals surface area contributed by atoms with Gasteiger partial charge in [0.15, 0.2) is 5.96 Å². The van der Waals surface area contributed by atoms with E-state index in [0.717, 1.165) is 11.1 Å². The van der Waals surface area contributed by atoms with Crippen molar-refractivity contribution in [2.75, 3.05) is 0 Å². The second kappa shape index (κ2) is 6.65. The maximum atomic E-state index is 11.4. The van der Waals surface area contributed by atoms with Crippen molar-refractivity contribution in [3.8, 4) is 0 Å². The highest BCUT2D eigenvalue weighted by atomic mass is 16.1. The molecule has 134 valence electrons. The molecule has 6 nitrogen and oxygen atoms in total. The first-order valence-corrected chi connectivity index (χ1v) is 8.39. The average molecular weight is 349 g/mol. The summed E-state index contributed by atoms with van der Waals surface area (Å²) in [6.45, 7) is 0. The highest BCUT2D eigenvalue weighted by Crippen LogP contribution is 2.40. The molecule has 0 saturated heterocycles. The van der Waals surface area contributed by atoms with Crippen LogP contribution in [0.1, 0.15) is 18.4 Å². The van der Waals surface area contributed by atoms with Gasteiger partial charge in [0.05, 0.1) is 5.54 Å². The predicted octanol–water partition coefficient (Wildman–Crippen LogP) is 1.11. The molecule has 2 aliphatic rings. The summed E-state index contributed by atoms with van der Waals surface area (Å²) in [6.07, 6.45) is 12.1. The Labute approximate surface area is 152 Å². The van der Waals surface area contributed by atoms with Crippen molar-refractivity contribution in [3.63, 3.8) is 0 Å². The lowest BCUT2D eigenvalue weighted by molar-refractivity contribution is -0.114. The highest BCUT2D eigenvalue weighted by Gasteiger charge is 2.46. The number of carbonyl (C=O) groups excluding carboxylic acids is 1. The number of carbonyl (C=O) groups is 1.